The number of sulfonamides is 1. The molecule has 0 aromatic heterocycles. The van der Waals surface area contributed by atoms with E-state index < -0.39 is 27.4 Å². The fraction of sp³-hybridized carbons (Fsp3) is 0.462. The molecule has 2 aromatic rings. The molecule has 3 rings (SSSR count). The van der Waals surface area contributed by atoms with E-state index >= 15 is 0 Å². The molecule has 0 bridgehead atoms. The molecule has 11 heteroatoms. The predicted octanol–water partition coefficient (Wildman–Crippen LogP) is 3.43. The summed E-state index contributed by atoms with van der Waals surface area (Å²) in [5.74, 6) is -0.0524. The van der Waals surface area contributed by atoms with Crippen molar-refractivity contribution in [2.75, 3.05) is 23.9 Å². The lowest BCUT2D eigenvalue weighted by atomic mass is 10.1. The Morgan fingerprint density at radius 1 is 1.08 bits per heavy atom. The molecule has 0 saturated carbocycles. The summed E-state index contributed by atoms with van der Waals surface area (Å²) in [5, 5.41) is 2.88. The van der Waals surface area contributed by atoms with E-state index in [-0.39, 0.29) is 44.5 Å². The van der Waals surface area contributed by atoms with Gasteiger partial charge in [-0.25, -0.2) is 12.8 Å². The zero-order valence-electron chi connectivity index (χ0n) is 21.8. The van der Waals surface area contributed by atoms with Crippen LogP contribution in [-0.2, 0) is 26.2 Å². The first-order valence-electron chi connectivity index (χ1n) is 12.0. The van der Waals surface area contributed by atoms with Gasteiger partial charge >= 0.3 is 0 Å². The smallest absolute Gasteiger partial charge is 0.242 e. The Kier molecular flexibility index (Phi) is 8.68. The van der Waals surface area contributed by atoms with Gasteiger partial charge in [0.2, 0.25) is 28.6 Å². The number of amides is 2. The van der Waals surface area contributed by atoms with Gasteiger partial charge in [-0.2, -0.15) is 0 Å². The van der Waals surface area contributed by atoms with Crippen LogP contribution in [0.1, 0.15) is 46.1 Å². The maximum Gasteiger partial charge on any atom is 0.242 e. The second-order valence-electron chi connectivity index (χ2n) is 10.0. The van der Waals surface area contributed by atoms with Crippen molar-refractivity contribution in [1.82, 2.24) is 10.2 Å². The molecule has 202 valence electrons. The van der Waals surface area contributed by atoms with Crippen LogP contribution in [0.3, 0.4) is 0 Å². The summed E-state index contributed by atoms with van der Waals surface area (Å²) in [6, 6.07) is 9.78. The number of fused-ring (bicyclic) bond motifs is 1. The van der Waals surface area contributed by atoms with E-state index in [2.05, 4.69) is 5.32 Å². The summed E-state index contributed by atoms with van der Waals surface area (Å²) in [4.78, 5) is 27.6. The Hall–Kier alpha value is -3.34. The molecule has 0 saturated heterocycles. The van der Waals surface area contributed by atoms with Gasteiger partial charge in [-0.1, -0.05) is 12.1 Å². The van der Waals surface area contributed by atoms with E-state index in [1.54, 1.807) is 37.3 Å². The number of carbonyl (C=O) groups is 2. The van der Waals surface area contributed by atoms with Crippen LogP contribution in [0.15, 0.2) is 42.5 Å². The zero-order chi connectivity index (χ0) is 27.4. The summed E-state index contributed by atoms with van der Waals surface area (Å²) < 4.78 is 50.3. The van der Waals surface area contributed by atoms with Crippen LogP contribution >= 0.6 is 0 Å². The van der Waals surface area contributed by atoms with Crippen molar-refractivity contribution in [3.63, 3.8) is 0 Å². The van der Waals surface area contributed by atoms with Crippen molar-refractivity contribution in [2.24, 2.45) is 0 Å². The monoisotopic (exact) mass is 535 g/mol. The van der Waals surface area contributed by atoms with Crippen molar-refractivity contribution in [3.05, 3.63) is 53.8 Å². The van der Waals surface area contributed by atoms with Crippen LogP contribution < -0.4 is 19.1 Å². The number of nitrogens with one attached hydrogen (secondary N) is 1. The molecule has 0 unspecified atom stereocenters. The Balaban J connectivity index is 1.74. The van der Waals surface area contributed by atoms with Crippen LogP contribution in [-0.4, -0.2) is 56.3 Å². The molecule has 9 nitrogen and oxygen atoms in total. The normalized spacial score (nSPS) is 13.7. The Morgan fingerprint density at radius 3 is 2.35 bits per heavy atom. The van der Waals surface area contributed by atoms with Gasteiger partial charge in [0.15, 0.2) is 11.5 Å². The van der Waals surface area contributed by atoms with Crippen LogP contribution in [0.25, 0.3) is 0 Å². The Bertz CT molecular complexity index is 1230. The maximum atomic E-state index is 13.4. The number of ether oxygens (including phenoxy) is 2. The van der Waals surface area contributed by atoms with Crippen LogP contribution in [0.5, 0.6) is 11.5 Å². The fourth-order valence-corrected chi connectivity index (χ4v) is 4.84. The Labute approximate surface area is 217 Å². The van der Waals surface area contributed by atoms with E-state index in [4.69, 9.17) is 9.47 Å². The molecule has 37 heavy (non-hydrogen) atoms. The second-order valence-corrected chi connectivity index (χ2v) is 11.9. The van der Waals surface area contributed by atoms with E-state index in [0.29, 0.717) is 22.7 Å². The fourth-order valence-electron chi connectivity index (χ4n) is 3.89. The topological polar surface area (TPSA) is 105 Å². The van der Waals surface area contributed by atoms with Crippen molar-refractivity contribution >= 4 is 27.5 Å². The molecule has 1 heterocycles. The third-order valence-corrected chi connectivity index (χ3v) is 6.92. The lowest BCUT2D eigenvalue weighted by molar-refractivity contribution is -0.141. The molecule has 2 aromatic carbocycles. The minimum Gasteiger partial charge on any atom is -0.454 e. The first kappa shape index (κ1) is 28.2. The minimum atomic E-state index is -3.64. The summed E-state index contributed by atoms with van der Waals surface area (Å²) >= 11 is 0. The molecular weight excluding hydrogens is 501 g/mol. The minimum absolute atomic E-state index is 0.00487. The van der Waals surface area contributed by atoms with Crippen LogP contribution in [0, 0.1) is 5.82 Å². The SMILES string of the molecule is C[C@H](C(=O)NC(C)(C)C)N(Cc1ccc(F)cc1)C(=O)CCCN(c1ccc2c(c1)OCO2)S(C)(=O)=O. The van der Waals surface area contributed by atoms with Crippen molar-refractivity contribution < 1.29 is 31.9 Å². The molecule has 1 aliphatic heterocycles. The number of hydrogen-bond donors (Lipinski definition) is 1. The van der Waals surface area contributed by atoms with Crippen molar-refractivity contribution in [3.8, 4) is 11.5 Å². The first-order valence-corrected chi connectivity index (χ1v) is 13.8. The number of hydrogen-bond acceptors (Lipinski definition) is 6. The van der Waals surface area contributed by atoms with Gasteiger partial charge in [0.25, 0.3) is 0 Å². The van der Waals surface area contributed by atoms with Gasteiger partial charge in [0.1, 0.15) is 11.9 Å². The largest absolute Gasteiger partial charge is 0.454 e. The number of carbonyl (C=O) groups excluding carboxylic acids is 2. The zero-order valence-corrected chi connectivity index (χ0v) is 22.6. The summed E-state index contributed by atoms with van der Waals surface area (Å²) in [5.41, 5.74) is 0.583. The number of halogens is 1. The summed E-state index contributed by atoms with van der Waals surface area (Å²) in [7, 11) is -3.64. The average molecular weight is 536 g/mol. The highest BCUT2D eigenvalue weighted by Gasteiger charge is 2.29. The van der Waals surface area contributed by atoms with Gasteiger partial charge < -0.3 is 19.7 Å². The average Bonchev–Trinajstić information content (AvgIpc) is 3.27. The molecule has 1 aliphatic rings. The lowest BCUT2D eigenvalue weighted by Crippen LogP contribution is -2.52. The third-order valence-electron chi connectivity index (χ3n) is 5.73. The molecule has 0 fully saturated rings. The highest BCUT2D eigenvalue weighted by molar-refractivity contribution is 7.92. The molecular formula is C26H34FN3O6S. The van der Waals surface area contributed by atoms with E-state index in [1.165, 1.54) is 21.3 Å². The molecule has 0 radical (unpaired) electrons. The lowest BCUT2D eigenvalue weighted by Gasteiger charge is -2.32. The maximum absolute atomic E-state index is 13.4. The number of anilines is 1. The van der Waals surface area contributed by atoms with Gasteiger partial charge in [-0.05, 0) is 63.9 Å². The molecule has 0 spiro atoms. The van der Waals surface area contributed by atoms with Crippen molar-refractivity contribution in [1.29, 1.82) is 0 Å². The number of rotatable bonds is 10. The summed E-state index contributed by atoms with van der Waals surface area (Å²) in [6.07, 6.45) is 1.32. The van der Waals surface area contributed by atoms with Crippen LogP contribution in [0.2, 0.25) is 0 Å². The third kappa shape index (κ3) is 7.82. The number of nitrogens with zero attached hydrogens (tertiary/aromatic N) is 2. The highest BCUT2D eigenvalue weighted by Crippen LogP contribution is 2.36. The van der Waals surface area contributed by atoms with E-state index in [0.717, 1.165) is 6.26 Å². The van der Waals surface area contributed by atoms with Gasteiger partial charge in [-0.15, -0.1) is 0 Å². The second kappa shape index (κ2) is 11.4. The van der Waals surface area contributed by atoms with Gasteiger partial charge in [0, 0.05) is 31.1 Å². The van der Waals surface area contributed by atoms with E-state index in [9.17, 15) is 22.4 Å². The predicted molar refractivity (Wildman–Crippen MR) is 138 cm³/mol. The first-order chi connectivity index (χ1) is 17.2. The quantitative estimate of drug-likeness (QED) is 0.500. The molecule has 1 atom stereocenters. The molecule has 1 N–H and O–H groups in total. The summed E-state index contributed by atoms with van der Waals surface area (Å²) in [6.45, 7) is 7.40. The van der Waals surface area contributed by atoms with Gasteiger partial charge in [0.05, 0.1) is 11.9 Å². The van der Waals surface area contributed by atoms with Crippen molar-refractivity contribution in [2.45, 2.75) is 58.7 Å². The number of benzene rings is 2. The standard InChI is InChI=1S/C26H34FN3O6S/c1-18(25(32)28-26(2,3)4)29(16-19-8-10-20(27)11-9-19)24(31)7-6-14-30(37(5,33)34)21-12-13-22-23(15-21)36-17-35-22/h8-13,15,18H,6-7,14,16-17H2,1-5H3,(H,28,32)/t18-/m1/s1. The Morgan fingerprint density at radius 2 is 1.73 bits per heavy atom. The van der Waals surface area contributed by atoms with Gasteiger partial charge in [-0.3, -0.25) is 13.9 Å². The highest BCUT2D eigenvalue weighted by atomic mass is 32.2. The van der Waals surface area contributed by atoms with E-state index in [1.807, 2.05) is 20.8 Å². The molecule has 2 amide bonds. The van der Waals surface area contributed by atoms with Crippen LogP contribution in [0.4, 0.5) is 10.1 Å². The molecule has 0 aliphatic carbocycles.